The second kappa shape index (κ2) is 4.61. The highest BCUT2D eigenvalue weighted by Crippen LogP contribution is 2.24. The van der Waals surface area contributed by atoms with E-state index in [1.807, 2.05) is 24.3 Å². The number of anilines is 1. The van der Waals surface area contributed by atoms with Crippen LogP contribution >= 0.6 is 11.8 Å². The first kappa shape index (κ1) is 9.72. The van der Waals surface area contributed by atoms with Gasteiger partial charge in [-0.3, -0.25) is 9.89 Å². The summed E-state index contributed by atoms with van der Waals surface area (Å²) in [6.45, 7) is 0. The predicted octanol–water partition coefficient (Wildman–Crippen LogP) is 1.52. The average molecular weight is 220 g/mol. The Balaban J connectivity index is 2.07. The lowest BCUT2D eigenvalue weighted by Crippen LogP contribution is -1.92. The lowest BCUT2D eigenvalue weighted by atomic mass is 10.3. The van der Waals surface area contributed by atoms with Gasteiger partial charge in [0.15, 0.2) is 5.16 Å². The number of H-pyrrole nitrogens is 1. The number of aromatic amines is 1. The zero-order valence-electron chi connectivity index (χ0n) is 7.68. The van der Waals surface area contributed by atoms with Gasteiger partial charge in [0.1, 0.15) is 6.33 Å². The number of carbonyl (C=O) groups excluding carboxylic acids is 1. The number of rotatable bonds is 4. The topological polar surface area (TPSA) is 70.7 Å². The zero-order valence-corrected chi connectivity index (χ0v) is 8.49. The molecule has 1 amide bonds. The Morgan fingerprint density at radius 2 is 2.13 bits per heavy atom. The number of hydrogen-bond acceptors (Lipinski definition) is 4. The van der Waals surface area contributed by atoms with Crippen LogP contribution in [0.2, 0.25) is 0 Å². The van der Waals surface area contributed by atoms with Gasteiger partial charge in [0.25, 0.3) is 0 Å². The van der Waals surface area contributed by atoms with E-state index < -0.39 is 0 Å². The zero-order chi connectivity index (χ0) is 10.5. The monoisotopic (exact) mass is 220 g/mol. The summed E-state index contributed by atoms with van der Waals surface area (Å²) in [5.74, 6) is 0. The van der Waals surface area contributed by atoms with E-state index in [2.05, 4.69) is 20.5 Å². The van der Waals surface area contributed by atoms with Crippen molar-refractivity contribution in [1.29, 1.82) is 0 Å². The molecule has 0 bridgehead atoms. The molecule has 6 heteroatoms. The van der Waals surface area contributed by atoms with Crippen molar-refractivity contribution in [2.75, 3.05) is 5.32 Å². The normalized spacial score (nSPS) is 9.87. The molecule has 0 radical (unpaired) electrons. The van der Waals surface area contributed by atoms with Gasteiger partial charge in [0, 0.05) is 10.6 Å². The fourth-order valence-electron chi connectivity index (χ4n) is 1.04. The molecule has 15 heavy (non-hydrogen) atoms. The second-order valence-electron chi connectivity index (χ2n) is 2.68. The number of hydrogen-bond donors (Lipinski definition) is 2. The predicted molar refractivity (Wildman–Crippen MR) is 56.6 cm³/mol. The first-order valence-electron chi connectivity index (χ1n) is 4.22. The SMILES string of the molecule is O=CNc1ccc(Sc2ncn[nH]2)cc1. The molecule has 0 aliphatic carbocycles. The summed E-state index contributed by atoms with van der Waals surface area (Å²) in [7, 11) is 0. The van der Waals surface area contributed by atoms with Crippen LogP contribution in [0.5, 0.6) is 0 Å². The molecule has 1 heterocycles. The summed E-state index contributed by atoms with van der Waals surface area (Å²) >= 11 is 1.48. The molecule has 0 atom stereocenters. The van der Waals surface area contributed by atoms with Crippen molar-refractivity contribution >= 4 is 23.9 Å². The Kier molecular flexibility index (Phi) is 2.99. The molecule has 2 rings (SSSR count). The van der Waals surface area contributed by atoms with Gasteiger partial charge in [-0.25, -0.2) is 4.98 Å². The molecule has 0 aliphatic rings. The molecular formula is C9H8N4OS. The summed E-state index contributed by atoms with van der Waals surface area (Å²) in [5.41, 5.74) is 0.770. The lowest BCUT2D eigenvalue weighted by molar-refractivity contribution is -0.105. The van der Waals surface area contributed by atoms with Gasteiger partial charge in [0.05, 0.1) is 0 Å². The van der Waals surface area contributed by atoms with E-state index in [0.29, 0.717) is 6.41 Å². The summed E-state index contributed by atoms with van der Waals surface area (Å²) in [4.78, 5) is 15.2. The lowest BCUT2D eigenvalue weighted by Gasteiger charge is -2.00. The standard InChI is InChI=1S/C9H8N4OS/c14-6-11-7-1-3-8(4-2-7)15-9-10-5-12-13-9/h1-6H,(H,11,14)(H,10,12,13). The highest BCUT2D eigenvalue weighted by Gasteiger charge is 1.99. The molecule has 0 spiro atoms. The second-order valence-corrected chi connectivity index (χ2v) is 3.74. The molecule has 5 nitrogen and oxygen atoms in total. The molecule has 76 valence electrons. The number of benzene rings is 1. The van der Waals surface area contributed by atoms with Crippen LogP contribution < -0.4 is 5.32 Å². The van der Waals surface area contributed by atoms with Crippen molar-refractivity contribution in [1.82, 2.24) is 15.2 Å². The van der Waals surface area contributed by atoms with Gasteiger partial charge in [-0.2, -0.15) is 5.10 Å². The van der Waals surface area contributed by atoms with Gasteiger partial charge in [-0.1, -0.05) is 11.8 Å². The quantitative estimate of drug-likeness (QED) is 0.766. The Morgan fingerprint density at radius 3 is 2.73 bits per heavy atom. The van der Waals surface area contributed by atoms with Crippen molar-refractivity contribution in [3.63, 3.8) is 0 Å². The van der Waals surface area contributed by atoms with Crippen LogP contribution in [0.1, 0.15) is 0 Å². The van der Waals surface area contributed by atoms with Crippen molar-refractivity contribution < 1.29 is 4.79 Å². The Morgan fingerprint density at radius 1 is 1.33 bits per heavy atom. The summed E-state index contributed by atoms with van der Waals surface area (Å²) in [6, 6.07) is 7.46. The average Bonchev–Trinajstić information content (AvgIpc) is 2.74. The number of nitrogens with zero attached hydrogens (tertiary/aromatic N) is 2. The van der Waals surface area contributed by atoms with Crippen LogP contribution in [-0.2, 0) is 4.79 Å². The largest absolute Gasteiger partial charge is 0.329 e. The number of nitrogens with one attached hydrogen (secondary N) is 2. The number of carbonyl (C=O) groups is 1. The minimum Gasteiger partial charge on any atom is -0.329 e. The van der Waals surface area contributed by atoms with Crippen LogP contribution in [0, 0.1) is 0 Å². The first-order valence-corrected chi connectivity index (χ1v) is 5.03. The summed E-state index contributed by atoms with van der Waals surface area (Å²) in [6.07, 6.45) is 2.11. The molecule has 1 aromatic heterocycles. The van der Waals surface area contributed by atoms with Crippen molar-refractivity contribution in [2.24, 2.45) is 0 Å². The first-order chi connectivity index (χ1) is 7.38. The number of aromatic nitrogens is 3. The van der Waals surface area contributed by atoms with Gasteiger partial charge in [0.2, 0.25) is 6.41 Å². The minimum absolute atomic E-state index is 0.651. The van der Waals surface area contributed by atoms with Crippen molar-refractivity contribution in [3.05, 3.63) is 30.6 Å². The van der Waals surface area contributed by atoms with Crippen molar-refractivity contribution in [2.45, 2.75) is 10.1 Å². The van der Waals surface area contributed by atoms with E-state index in [4.69, 9.17) is 0 Å². The van der Waals surface area contributed by atoms with Gasteiger partial charge in [-0.05, 0) is 24.3 Å². The fraction of sp³-hybridized carbons (Fsp3) is 0. The molecule has 2 N–H and O–H groups in total. The summed E-state index contributed by atoms with van der Waals surface area (Å²) in [5, 5.41) is 9.81. The minimum atomic E-state index is 0.651. The van der Waals surface area contributed by atoms with Crippen LogP contribution in [0.25, 0.3) is 0 Å². The summed E-state index contributed by atoms with van der Waals surface area (Å²) < 4.78 is 0. The smallest absolute Gasteiger partial charge is 0.211 e. The maximum Gasteiger partial charge on any atom is 0.211 e. The van der Waals surface area contributed by atoms with E-state index in [1.165, 1.54) is 18.1 Å². The van der Waals surface area contributed by atoms with E-state index in [1.54, 1.807) is 0 Å². The van der Waals surface area contributed by atoms with Crippen LogP contribution in [0.4, 0.5) is 5.69 Å². The Hall–Kier alpha value is -1.82. The highest BCUT2D eigenvalue weighted by molar-refractivity contribution is 7.99. The fourth-order valence-corrected chi connectivity index (χ4v) is 1.74. The van der Waals surface area contributed by atoms with E-state index in [0.717, 1.165) is 15.7 Å². The Labute approximate surface area is 90.3 Å². The van der Waals surface area contributed by atoms with E-state index in [9.17, 15) is 4.79 Å². The molecule has 0 saturated carbocycles. The molecule has 0 fully saturated rings. The maximum absolute atomic E-state index is 10.2. The molecule has 1 aromatic carbocycles. The van der Waals surface area contributed by atoms with Crippen LogP contribution in [0.3, 0.4) is 0 Å². The van der Waals surface area contributed by atoms with Crippen LogP contribution in [-0.4, -0.2) is 21.6 Å². The van der Waals surface area contributed by atoms with Gasteiger partial charge >= 0.3 is 0 Å². The highest BCUT2D eigenvalue weighted by atomic mass is 32.2. The molecular weight excluding hydrogens is 212 g/mol. The van der Waals surface area contributed by atoms with Gasteiger partial charge < -0.3 is 5.32 Å². The molecule has 0 aliphatic heterocycles. The van der Waals surface area contributed by atoms with Gasteiger partial charge in [-0.15, -0.1) is 0 Å². The third-order valence-corrected chi connectivity index (χ3v) is 2.59. The van der Waals surface area contributed by atoms with Crippen LogP contribution in [0.15, 0.2) is 40.6 Å². The Bertz CT molecular complexity index is 426. The molecule has 0 unspecified atom stereocenters. The van der Waals surface area contributed by atoms with E-state index >= 15 is 0 Å². The van der Waals surface area contributed by atoms with E-state index in [-0.39, 0.29) is 0 Å². The third-order valence-electron chi connectivity index (χ3n) is 1.69. The molecule has 2 aromatic rings. The van der Waals surface area contributed by atoms with Crippen molar-refractivity contribution in [3.8, 4) is 0 Å². The molecule has 0 saturated heterocycles. The maximum atomic E-state index is 10.2. The number of amides is 1. The third kappa shape index (κ3) is 2.57.